The highest BCUT2D eigenvalue weighted by atomic mass is 32.2. The first kappa shape index (κ1) is 13.1. The summed E-state index contributed by atoms with van der Waals surface area (Å²) in [5, 5.41) is 0.0623. The lowest BCUT2D eigenvalue weighted by atomic mass is 10.4. The summed E-state index contributed by atoms with van der Waals surface area (Å²) in [6, 6.07) is 0. The van der Waals surface area contributed by atoms with Crippen molar-refractivity contribution in [1.82, 2.24) is 14.7 Å². The maximum Gasteiger partial charge on any atom is 0.257 e. The van der Waals surface area contributed by atoms with Crippen molar-refractivity contribution in [1.29, 1.82) is 0 Å². The molecule has 16 heavy (non-hydrogen) atoms. The molecule has 1 rings (SSSR count). The van der Waals surface area contributed by atoms with Crippen LogP contribution in [0.5, 0.6) is 0 Å². The molecule has 1 aromatic rings. The van der Waals surface area contributed by atoms with Crippen LogP contribution in [0.2, 0.25) is 0 Å². The molecule has 6 nitrogen and oxygen atoms in total. The molecule has 0 saturated heterocycles. The Hall–Kier alpha value is -0.990. The number of aromatic amines is 1. The van der Waals surface area contributed by atoms with Gasteiger partial charge in [0, 0.05) is 19.4 Å². The lowest BCUT2D eigenvalue weighted by molar-refractivity contribution is 0.579. The molecule has 0 amide bonds. The first-order chi connectivity index (χ1) is 7.45. The number of hydrogen-bond donors (Lipinski definition) is 3. The van der Waals surface area contributed by atoms with E-state index >= 15 is 0 Å². The van der Waals surface area contributed by atoms with Gasteiger partial charge in [0.1, 0.15) is 5.82 Å². The Morgan fingerprint density at radius 1 is 1.69 bits per heavy atom. The van der Waals surface area contributed by atoms with Gasteiger partial charge in [0.05, 0.1) is 11.2 Å². The van der Waals surface area contributed by atoms with Gasteiger partial charge in [-0.05, 0) is 0 Å². The van der Waals surface area contributed by atoms with Crippen molar-refractivity contribution in [2.75, 3.05) is 6.54 Å². The molecule has 0 bridgehead atoms. The highest BCUT2D eigenvalue weighted by molar-refractivity contribution is 7.89. The molecule has 0 spiro atoms. The van der Waals surface area contributed by atoms with Gasteiger partial charge in [0.25, 0.3) is 10.0 Å². The zero-order valence-electron chi connectivity index (χ0n) is 8.86. The molecule has 0 aliphatic carbocycles. The summed E-state index contributed by atoms with van der Waals surface area (Å²) < 4.78 is 25.7. The molecule has 1 heterocycles. The first-order valence-electron chi connectivity index (χ1n) is 4.77. The maximum atomic E-state index is 11.7. The molecule has 0 aromatic carbocycles. The molecule has 0 atom stereocenters. The number of aromatic nitrogens is 2. The Balaban J connectivity index is 2.66. The number of H-pyrrole nitrogens is 1. The second-order valence-electron chi connectivity index (χ2n) is 3.16. The van der Waals surface area contributed by atoms with Crippen molar-refractivity contribution in [2.45, 2.75) is 24.8 Å². The van der Waals surface area contributed by atoms with Crippen LogP contribution >= 0.6 is 12.2 Å². The van der Waals surface area contributed by atoms with E-state index < -0.39 is 10.0 Å². The number of aryl methyl sites for hydroxylation is 1. The highest BCUT2D eigenvalue weighted by Crippen LogP contribution is 2.05. The van der Waals surface area contributed by atoms with E-state index in [9.17, 15) is 8.42 Å². The van der Waals surface area contributed by atoms with Gasteiger partial charge < -0.3 is 10.7 Å². The van der Waals surface area contributed by atoms with Gasteiger partial charge in [0.2, 0.25) is 0 Å². The Labute approximate surface area is 99.7 Å². The number of sulfonamides is 1. The summed E-state index contributed by atoms with van der Waals surface area (Å²) in [4.78, 5) is 6.91. The molecule has 0 radical (unpaired) electrons. The number of thiocarbonyl (C=S) groups is 1. The number of nitrogens with one attached hydrogen (secondary N) is 2. The van der Waals surface area contributed by atoms with Gasteiger partial charge >= 0.3 is 0 Å². The van der Waals surface area contributed by atoms with Crippen LogP contribution in [0.3, 0.4) is 0 Å². The van der Waals surface area contributed by atoms with Gasteiger partial charge in [0.15, 0.2) is 5.03 Å². The minimum absolute atomic E-state index is 0.0623. The quantitative estimate of drug-likeness (QED) is 0.623. The number of hydrogen-bond acceptors (Lipinski definition) is 4. The molecule has 0 saturated carbocycles. The average Bonchev–Trinajstić information content (AvgIpc) is 2.65. The van der Waals surface area contributed by atoms with E-state index in [1.165, 1.54) is 6.20 Å². The summed E-state index contributed by atoms with van der Waals surface area (Å²) >= 11 is 4.65. The lowest BCUT2D eigenvalue weighted by Gasteiger charge is -2.03. The molecule has 0 aliphatic rings. The van der Waals surface area contributed by atoms with E-state index in [-0.39, 0.29) is 16.6 Å². The summed E-state index contributed by atoms with van der Waals surface area (Å²) in [6.45, 7) is 2.08. The third kappa shape index (κ3) is 3.54. The minimum Gasteiger partial charge on any atom is -0.393 e. The van der Waals surface area contributed by atoms with E-state index in [1.807, 2.05) is 6.92 Å². The van der Waals surface area contributed by atoms with Crippen molar-refractivity contribution >= 4 is 27.2 Å². The predicted molar refractivity (Wildman–Crippen MR) is 64.6 cm³/mol. The van der Waals surface area contributed by atoms with Crippen LogP contribution in [0, 0.1) is 0 Å². The molecule has 1 aromatic heterocycles. The molecular formula is C8H14N4O2S2. The van der Waals surface area contributed by atoms with Gasteiger partial charge in [-0.1, -0.05) is 19.1 Å². The average molecular weight is 262 g/mol. The van der Waals surface area contributed by atoms with Crippen LogP contribution in [0.1, 0.15) is 19.2 Å². The molecule has 8 heteroatoms. The highest BCUT2D eigenvalue weighted by Gasteiger charge is 2.15. The van der Waals surface area contributed by atoms with Crippen LogP contribution in [0.15, 0.2) is 11.2 Å². The smallest absolute Gasteiger partial charge is 0.257 e. The second-order valence-corrected chi connectivity index (χ2v) is 5.42. The van der Waals surface area contributed by atoms with Crippen LogP contribution in [0.25, 0.3) is 0 Å². The maximum absolute atomic E-state index is 11.7. The van der Waals surface area contributed by atoms with Gasteiger partial charge in [-0.3, -0.25) is 0 Å². The normalized spacial score (nSPS) is 11.6. The molecule has 90 valence electrons. The Morgan fingerprint density at radius 3 is 2.88 bits per heavy atom. The van der Waals surface area contributed by atoms with Gasteiger partial charge in [-0.25, -0.2) is 18.1 Å². The third-order valence-electron chi connectivity index (χ3n) is 1.89. The van der Waals surface area contributed by atoms with Crippen LogP contribution in [-0.2, 0) is 16.4 Å². The molecule has 4 N–H and O–H groups in total. The monoisotopic (exact) mass is 262 g/mol. The third-order valence-corrected chi connectivity index (χ3v) is 3.47. The van der Waals surface area contributed by atoms with E-state index in [0.717, 1.165) is 0 Å². The fourth-order valence-corrected chi connectivity index (χ4v) is 2.12. The van der Waals surface area contributed by atoms with Crippen molar-refractivity contribution in [3.63, 3.8) is 0 Å². The lowest BCUT2D eigenvalue weighted by Crippen LogP contribution is -2.27. The number of rotatable bonds is 6. The van der Waals surface area contributed by atoms with Crippen molar-refractivity contribution in [3.8, 4) is 0 Å². The topological polar surface area (TPSA) is 101 Å². The number of nitrogens with zero attached hydrogens (tertiary/aromatic N) is 1. The van der Waals surface area contributed by atoms with Crippen molar-refractivity contribution < 1.29 is 8.42 Å². The summed E-state index contributed by atoms with van der Waals surface area (Å²) in [5.41, 5.74) is 5.26. The predicted octanol–water partition coefficient (Wildman–Crippen LogP) is -0.0734. The van der Waals surface area contributed by atoms with E-state index in [1.54, 1.807) is 0 Å². The number of imidazole rings is 1. The van der Waals surface area contributed by atoms with Crippen molar-refractivity contribution in [2.24, 2.45) is 5.73 Å². The SMILES string of the molecule is CCc1ncc(S(=O)(=O)NCCC(N)=S)[nH]1. The van der Waals surface area contributed by atoms with E-state index in [0.29, 0.717) is 18.7 Å². The van der Waals surface area contributed by atoms with E-state index in [2.05, 4.69) is 26.9 Å². The van der Waals surface area contributed by atoms with Crippen molar-refractivity contribution in [3.05, 3.63) is 12.0 Å². The molecule has 0 fully saturated rings. The molecule has 0 aliphatic heterocycles. The fourth-order valence-electron chi connectivity index (χ4n) is 1.05. The van der Waals surface area contributed by atoms with Crippen LogP contribution in [-0.4, -0.2) is 29.9 Å². The van der Waals surface area contributed by atoms with Crippen LogP contribution < -0.4 is 10.5 Å². The summed E-state index contributed by atoms with van der Waals surface area (Å²) in [6.07, 6.45) is 2.29. The fraction of sp³-hybridized carbons (Fsp3) is 0.500. The molecular weight excluding hydrogens is 248 g/mol. The zero-order valence-corrected chi connectivity index (χ0v) is 10.5. The second kappa shape index (κ2) is 5.37. The Morgan fingerprint density at radius 2 is 2.38 bits per heavy atom. The minimum atomic E-state index is -3.53. The van der Waals surface area contributed by atoms with Crippen LogP contribution in [0.4, 0.5) is 0 Å². The summed E-state index contributed by atoms with van der Waals surface area (Å²) in [5.74, 6) is 0.634. The Bertz CT molecular complexity index is 466. The largest absolute Gasteiger partial charge is 0.393 e. The van der Waals surface area contributed by atoms with Gasteiger partial charge in [-0.2, -0.15) is 0 Å². The Kier molecular flexibility index (Phi) is 4.39. The van der Waals surface area contributed by atoms with Gasteiger partial charge in [-0.15, -0.1) is 0 Å². The zero-order chi connectivity index (χ0) is 12.2. The number of nitrogens with two attached hydrogens (primary N) is 1. The molecule has 0 unspecified atom stereocenters. The first-order valence-corrected chi connectivity index (χ1v) is 6.66. The summed E-state index contributed by atoms with van der Waals surface area (Å²) in [7, 11) is -3.53. The standard InChI is InChI=1S/C8H14N4O2S2/c1-2-7-10-5-8(12-7)16(13,14)11-4-3-6(9)15/h5,11H,2-4H2,1H3,(H2,9,15)(H,10,12). The van der Waals surface area contributed by atoms with E-state index in [4.69, 9.17) is 5.73 Å².